The van der Waals surface area contributed by atoms with Gasteiger partial charge in [-0.1, -0.05) is 30.3 Å². The summed E-state index contributed by atoms with van der Waals surface area (Å²) >= 11 is 0. The van der Waals surface area contributed by atoms with Crippen LogP contribution in [0.4, 0.5) is 0 Å². The zero-order valence-corrected chi connectivity index (χ0v) is 7.17. The van der Waals surface area contributed by atoms with Crippen molar-refractivity contribution in [3.63, 3.8) is 0 Å². The molecule has 0 saturated heterocycles. The van der Waals surface area contributed by atoms with Crippen LogP contribution in [0.5, 0.6) is 0 Å². The zero-order chi connectivity index (χ0) is 8.93. The first-order chi connectivity index (χ1) is 6.45. The normalized spacial score (nSPS) is 10.8. The van der Waals surface area contributed by atoms with Gasteiger partial charge in [-0.25, -0.2) is 4.98 Å². The molecule has 0 N–H and O–H groups in total. The molecule has 2 nitrogen and oxygen atoms in total. The van der Waals surface area contributed by atoms with Gasteiger partial charge in [0.1, 0.15) is 0 Å². The number of imidazole rings is 1. The molecule has 0 radical (unpaired) electrons. The molecule has 2 aromatic rings. The molecule has 0 aliphatic carbocycles. The van der Waals surface area contributed by atoms with Gasteiger partial charge in [-0.2, -0.15) is 0 Å². The second kappa shape index (κ2) is 3.72. The summed E-state index contributed by atoms with van der Waals surface area (Å²) in [4.78, 5) is 3.95. The van der Waals surface area contributed by atoms with E-state index in [1.807, 2.05) is 41.2 Å². The fraction of sp³-hybridized carbons (Fsp3) is 0. The molecule has 2 rings (SSSR count). The molecule has 0 spiro atoms. The van der Waals surface area contributed by atoms with E-state index in [0.29, 0.717) is 0 Å². The van der Waals surface area contributed by atoms with Crippen molar-refractivity contribution >= 4 is 12.3 Å². The molecule has 64 valence electrons. The minimum absolute atomic E-state index is 1.19. The summed E-state index contributed by atoms with van der Waals surface area (Å²) in [5, 5.41) is 0. The van der Waals surface area contributed by atoms with Crippen LogP contribution in [0.2, 0.25) is 0 Å². The molecule has 0 atom stereocenters. The number of hydrogen-bond acceptors (Lipinski definition) is 1. The fourth-order valence-corrected chi connectivity index (χ4v) is 1.09. The van der Waals surface area contributed by atoms with Crippen molar-refractivity contribution in [3.8, 4) is 0 Å². The molecule has 1 aromatic heterocycles. The van der Waals surface area contributed by atoms with Crippen LogP contribution in [0.15, 0.2) is 49.1 Å². The minimum atomic E-state index is 1.19. The third kappa shape index (κ3) is 2.06. The first-order valence-electron chi connectivity index (χ1n) is 4.16. The van der Waals surface area contributed by atoms with Crippen molar-refractivity contribution in [2.24, 2.45) is 0 Å². The zero-order valence-electron chi connectivity index (χ0n) is 7.17. The topological polar surface area (TPSA) is 17.8 Å². The largest absolute Gasteiger partial charge is 0.313 e. The summed E-state index contributed by atoms with van der Waals surface area (Å²) in [6.07, 6.45) is 9.44. The van der Waals surface area contributed by atoms with Crippen LogP contribution in [-0.4, -0.2) is 9.55 Å². The lowest BCUT2D eigenvalue weighted by Gasteiger charge is -1.91. The van der Waals surface area contributed by atoms with Crippen molar-refractivity contribution < 1.29 is 0 Å². The van der Waals surface area contributed by atoms with E-state index in [1.165, 1.54) is 5.56 Å². The van der Waals surface area contributed by atoms with Crippen molar-refractivity contribution in [3.05, 3.63) is 54.6 Å². The molecule has 0 aliphatic rings. The summed E-state index contributed by atoms with van der Waals surface area (Å²) in [5.41, 5.74) is 1.19. The van der Waals surface area contributed by atoms with Gasteiger partial charge in [-0.05, 0) is 11.6 Å². The third-order valence-corrected chi connectivity index (χ3v) is 1.76. The van der Waals surface area contributed by atoms with Crippen LogP contribution in [0.3, 0.4) is 0 Å². The highest BCUT2D eigenvalue weighted by Crippen LogP contribution is 2.01. The monoisotopic (exact) mass is 170 g/mol. The molecule has 0 fully saturated rings. The van der Waals surface area contributed by atoms with E-state index in [4.69, 9.17) is 0 Å². The molecular weight excluding hydrogens is 160 g/mol. The van der Waals surface area contributed by atoms with Crippen molar-refractivity contribution in [1.82, 2.24) is 9.55 Å². The highest BCUT2D eigenvalue weighted by atomic mass is 15.0. The maximum absolute atomic E-state index is 3.95. The maximum atomic E-state index is 3.95. The Morgan fingerprint density at radius 3 is 2.69 bits per heavy atom. The standard InChI is InChI=1S/C11H10N2/c1-2-4-11(5-3-1)6-8-13-9-7-12-10-13/h1-10H/b8-6-. The first-order valence-corrected chi connectivity index (χ1v) is 4.16. The molecule has 0 unspecified atom stereocenters. The van der Waals surface area contributed by atoms with Gasteiger partial charge >= 0.3 is 0 Å². The minimum Gasteiger partial charge on any atom is -0.313 e. The van der Waals surface area contributed by atoms with Gasteiger partial charge in [-0.15, -0.1) is 0 Å². The molecule has 1 heterocycles. The SMILES string of the molecule is C(=C/n1ccnc1)/c1ccccc1. The highest BCUT2D eigenvalue weighted by molar-refractivity contribution is 5.59. The number of nitrogens with zero attached hydrogens (tertiary/aromatic N) is 2. The van der Waals surface area contributed by atoms with Gasteiger partial charge in [0.15, 0.2) is 0 Å². The third-order valence-electron chi connectivity index (χ3n) is 1.76. The van der Waals surface area contributed by atoms with Crippen LogP contribution in [0.25, 0.3) is 12.3 Å². The van der Waals surface area contributed by atoms with E-state index < -0.39 is 0 Å². The molecule has 0 amide bonds. The molecular formula is C11H10N2. The maximum Gasteiger partial charge on any atom is 0.0986 e. The second-order valence-electron chi connectivity index (χ2n) is 2.74. The first kappa shape index (κ1) is 7.80. The van der Waals surface area contributed by atoms with E-state index in [1.54, 1.807) is 12.5 Å². The van der Waals surface area contributed by atoms with Crippen molar-refractivity contribution in [2.75, 3.05) is 0 Å². The van der Waals surface area contributed by atoms with Crippen LogP contribution in [0, 0.1) is 0 Å². The van der Waals surface area contributed by atoms with E-state index in [9.17, 15) is 0 Å². The molecule has 1 aromatic carbocycles. The lowest BCUT2D eigenvalue weighted by atomic mass is 10.2. The number of rotatable bonds is 2. The van der Waals surface area contributed by atoms with Gasteiger partial charge in [0.05, 0.1) is 6.33 Å². The Hall–Kier alpha value is -1.83. The van der Waals surface area contributed by atoms with Crippen molar-refractivity contribution in [2.45, 2.75) is 0 Å². The van der Waals surface area contributed by atoms with Gasteiger partial charge in [0.2, 0.25) is 0 Å². The molecule has 13 heavy (non-hydrogen) atoms. The van der Waals surface area contributed by atoms with E-state index in [-0.39, 0.29) is 0 Å². The predicted molar refractivity (Wildman–Crippen MR) is 53.9 cm³/mol. The van der Waals surface area contributed by atoms with E-state index in [2.05, 4.69) is 17.1 Å². The average Bonchev–Trinajstić information content (AvgIpc) is 2.69. The van der Waals surface area contributed by atoms with E-state index in [0.717, 1.165) is 0 Å². The predicted octanol–water partition coefficient (Wildman–Crippen LogP) is 2.51. The summed E-state index contributed by atoms with van der Waals surface area (Å²) in [6, 6.07) is 10.2. The average molecular weight is 170 g/mol. The number of benzene rings is 1. The Balaban J connectivity index is 2.15. The molecule has 2 heteroatoms. The van der Waals surface area contributed by atoms with Crippen molar-refractivity contribution in [1.29, 1.82) is 0 Å². The van der Waals surface area contributed by atoms with Gasteiger partial charge in [-0.3, -0.25) is 0 Å². The summed E-state index contributed by atoms with van der Waals surface area (Å²) < 4.78 is 1.91. The highest BCUT2D eigenvalue weighted by Gasteiger charge is 1.83. The van der Waals surface area contributed by atoms with Gasteiger partial charge in [0.25, 0.3) is 0 Å². The smallest absolute Gasteiger partial charge is 0.0986 e. The lowest BCUT2D eigenvalue weighted by Crippen LogP contribution is -1.78. The Morgan fingerprint density at radius 2 is 2.00 bits per heavy atom. The Morgan fingerprint density at radius 1 is 1.15 bits per heavy atom. The fourth-order valence-electron chi connectivity index (χ4n) is 1.09. The molecule has 0 aliphatic heterocycles. The number of aromatic nitrogens is 2. The van der Waals surface area contributed by atoms with Gasteiger partial charge in [0, 0.05) is 18.6 Å². The van der Waals surface area contributed by atoms with Crippen LogP contribution < -0.4 is 0 Å². The summed E-state index contributed by atoms with van der Waals surface area (Å²) in [6.45, 7) is 0. The summed E-state index contributed by atoms with van der Waals surface area (Å²) in [7, 11) is 0. The van der Waals surface area contributed by atoms with E-state index >= 15 is 0 Å². The Labute approximate surface area is 77.2 Å². The second-order valence-corrected chi connectivity index (χ2v) is 2.74. The Bertz CT molecular complexity index is 374. The quantitative estimate of drug-likeness (QED) is 0.677. The van der Waals surface area contributed by atoms with Crippen LogP contribution in [-0.2, 0) is 0 Å². The number of hydrogen-bond donors (Lipinski definition) is 0. The Kier molecular flexibility index (Phi) is 2.23. The van der Waals surface area contributed by atoms with Gasteiger partial charge < -0.3 is 4.57 Å². The summed E-state index contributed by atoms with van der Waals surface area (Å²) in [5.74, 6) is 0. The lowest BCUT2D eigenvalue weighted by molar-refractivity contribution is 1.14. The molecule has 0 bridgehead atoms. The van der Waals surface area contributed by atoms with Crippen LogP contribution in [0.1, 0.15) is 5.56 Å². The van der Waals surface area contributed by atoms with Crippen LogP contribution >= 0.6 is 0 Å². The molecule has 0 saturated carbocycles.